The van der Waals surface area contributed by atoms with E-state index in [1.807, 2.05) is 50.1 Å². The van der Waals surface area contributed by atoms with E-state index in [-0.39, 0.29) is 18.5 Å². The van der Waals surface area contributed by atoms with Crippen LogP contribution in [0.4, 0.5) is 5.13 Å². The Bertz CT molecular complexity index is 665. The van der Waals surface area contributed by atoms with Crippen molar-refractivity contribution in [1.82, 2.24) is 9.88 Å². The number of thiazole rings is 1. The lowest BCUT2D eigenvalue weighted by Gasteiger charge is -2.25. The lowest BCUT2D eigenvalue weighted by Crippen LogP contribution is -2.32. The summed E-state index contributed by atoms with van der Waals surface area (Å²) in [5.41, 5.74) is 2.02. The molecule has 0 radical (unpaired) electrons. The molecule has 2 aromatic rings. The molecule has 1 heterocycles. The number of carbonyl (C=O) groups excluding carboxylic acids is 1. The van der Waals surface area contributed by atoms with Crippen molar-refractivity contribution in [2.45, 2.75) is 26.8 Å². The third-order valence-corrected chi connectivity index (χ3v) is 4.91. The molecule has 1 amide bonds. The summed E-state index contributed by atoms with van der Waals surface area (Å²) in [5.74, 6) is 0.765. The van der Waals surface area contributed by atoms with Crippen molar-refractivity contribution in [2.24, 2.45) is 0 Å². The van der Waals surface area contributed by atoms with Crippen molar-refractivity contribution in [1.29, 1.82) is 0 Å². The molecule has 1 aromatic heterocycles. The van der Waals surface area contributed by atoms with E-state index in [0.29, 0.717) is 5.13 Å². The molecular formula is C17H23N3O2S. The number of anilines is 1. The lowest BCUT2D eigenvalue weighted by molar-refractivity contribution is -0.117. The van der Waals surface area contributed by atoms with Crippen LogP contribution < -0.4 is 10.1 Å². The Morgan fingerprint density at radius 3 is 2.70 bits per heavy atom. The number of hydrogen-bond donors (Lipinski definition) is 1. The quantitative estimate of drug-likeness (QED) is 0.880. The van der Waals surface area contributed by atoms with Gasteiger partial charge in [-0.2, -0.15) is 0 Å². The molecule has 0 saturated carbocycles. The summed E-state index contributed by atoms with van der Waals surface area (Å²) in [4.78, 5) is 19.7. The van der Waals surface area contributed by atoms with E-state index >= 15 is 0 Å². The Morgan fingerprint density at radius 2 is 2.09 bits per heavy atom. The standard InChI is InChI=1S/C17H23N3O2S/c1-11-13(3)23-17(18-11)19-16(21)10-20(4)12(2)14-8-6-7-9-15(14)22-5/h6-9,12H,10H2,1-5H3,(H,18,19,21)/t12-/m1/s1. The Balaban J connectivity index is 2.00. The molecule has 0 aliphatic carbocycles. The van der Waals surface area contributed by atoms with Gasteiger partial charge in [0.25, 0.3) is 0 Å². The average Bonchev–Trinajstić information content (AvgIpc) is 2.83. The van der Waals surface area contributed by atoms with Crippen molar-refractivity contribution < 1.29 is 9.53 Å². The highest BCUT2D eigenvalue weighted by atomic mass is 32.1. The summed E-state index contributed by atoms with van der Waals surface area (Å²) < 4.78 is 5.40. The van der Waals surface area contributed by atoms with Crippen LogP contribution in [0.15, 0.2) is 24.3 Å². The first-order valence-electron chi connectivity index (χ1n) is 7.49. The van der Waals surface area contributed by atoms with Gasteiger partial charge in [-0.1, -0.05) is 18.2 Å². The Kier molecular flexibility index (Phi) is 5.74. The Hall–Kier alpha value is -1.92. The number of likely N-dealkylation sites (N-methyl/N-ethyl adjacent to an activating group) is 1. The maximum absolute atomic E-state index is 12.2. The Morgan fingerprint density at radius 1 is 1.39 bits per heavy atom. The van der Waals surface area contributed by atoms with Crippen LogP contribution in [-0.4, -0.2) is 36.5 Å². The number of benzene rings is 1. The second-order valence-corrected chi connectivity index (χ2v) is 6.75. The van der Waals surface area contributed by atoms with Gasteiger partial charge in [0.1, 0.15) is 5.75 Å². The summed E-state index contributed by atoms with van der Waals surface area (Å²) in [5, 5.41) is 3.52. The smallest absolute Gasteiger partial charge is 0.240 e. The second-order valence-electron chi connectivity index (χ2n) is 5.54. The van der Waals surface area contributed by atoms with Crippen LogP contribution in [0.25, 0.3) is 0 Å². The van der Waals surface area contributed by atoms with Crippen molar-refractivity contribution in [3.05, 3.63) is 40.4 Å². The topological polar surface area (TPSA) is 54.5 Å². The van der Waals surface area contributed by atoms with Crippen molar-refractivity contribution in [3.63, 3.8) is 0 Å². The van der Waals surface area contributed by atoms with Gasteiger partial charge in [0, 0.05) is 16.5 Å². The first-order chi connectivity index (χ1) is 10.9. The SMILES string of the molecule is COc1ccccc1[C@@H](C)N(C)CC(=O)Nc1nc(C)c(C)s1. The predicted molar refractivity (Wildman–Crippen MR) is 94.3 cm³/mol. The molecule has 1 aromatic carbocycles. The summed E-state index contributed by atoms with van der Waals surface area (Å²) in [6.45, 7) is 6.29. The van der Waals surface area contributed by atoms with Crippen molar-refractivity contribution in [3.8, 4) is 5.75 Å². The van der Waals surface area contributed by atoms with Crippen LogP contribution in [0.3, 0.4) is 0 Å². The highest BCUT2D eigenvalue weighted by Gasteiger charge is 2.18. The van der Waals surface area contributed by atoms with Gasteiger partial charge in [0.2, 0.25) is 5.91 Å². The molecule has 0 aliphatic heterocycles. The number of ether oxygens (including phenoxy) is 1. The number of para-hydroxylation sites is 1. The summed E-state index contributed by atoms with van der Waals surface area (Å²) in [6.07, 6.45) is 0. The fourth-order valence-electron chi connectivity index (χ4n) is 2.30. The van der Waals surface area contributed by atoms with Crippen LogP contribution in [0.2, 0.25) is 0 Å². The van der Waals surface area contributed by atoms with Crippen LogP contribution in [0.1, 0.15) is 29.1 Å². The number of nitrogens with zero attached hydrogens (tertiary/aromatic N) is 2. The number of rotatable bonds is 6. The molecule has 5 nitrogen and oxygen atoms in total. The van der Waals surface area contributed by atoms with Gasteiger partial charge in [-0.25, -0.2) is 4.98 Å². The van der Waals surface area contributed by atoms with Gasteiger partial charge >= 0.3 is 0 Å². The van der Waals surface area contributed by atoms with Crippen LogP contribution in [0, 0.1) is 13.8 Å². The largest absolute Gasteiger partial charge is 0.496 e. The van der Waals surface area contributed by atoms with Crippen LogP contribution >= 0.6 is 11.3 Å². The third-order valence-electron chi connectivity index (χ3n) is 3.92. The molecular weight excluding hydrogens is 310 g/mol. The van der Waals surface area contributed by atoms with Gasteiger partial charge in [0.15, 0.2) is 5.13 Å². The number of aromatic nitrogens is 1. The molecule has 0 fully saturated rings. The number of nitrogens with one attached hydrogen (secondary N) is 1. The summed E-state index contributed by atoms with van der Waals surface area (Å²) >= 11 is 1.50. The van der Waals surface area contributed by atoms with Gasteiger partial charge in [-0.15, -0.1) is 11.3 Å². The molecule has 0 saturated heterocycles. The number of methoxy groups -OCH3 is 1. The van der Waals surface area contributed by atoms with E-state index in [1.165, 1.54) is 11.3 Å². The van der Waals surface area contributed by atoms with Gasteiger partial charge in [-0.05, 0) is 33.9 Å². The molecule has 124 valence electrons. The normalized spacial score (nSPS) is 12.3. The third kappa shape index (κ3) is 4.30. The van der Waals surface area contributed by atoms with Gasteiger partial charge < -0.3 is 10.1 Å². The van der Waals surface area contributed by atoms with Crippen molar-refractivity contribution >= 4 is 22.4 Å². The minimum Gasteiger partial charge on any atom is -0.496 e. The fraction of sp³-hybridized carbons (Fsp3) is 0.412. The lowest BCUT2D eigenvalue weighted by atomic mass is 10.1. The molecule has 1 atom stereocenters. The molecule has 0 unspecified atom stereocenters. The van der Waals surface area contributed by atoms with Gasteiger partial charge in [-0.3, -0.25) is 9.69 Å². The summed E-state index contributed by atoms with van der Waals surface area (Å²) in [7, 11) is 3.58. The molecule has 0 bridgehead atoms. The first kappa shape index (κ1) is 17.4. The van der Waals surface area contributed by atoms with E-state index in [4.69, 9.17) is 4.74 Å². The Labute approximate surface area is 141 Å². The summed E-state index contributed by atoms with van der Waals surface area (Å²) in [6, 6.07) is 7.93. The fourth-order valence-corrected chi connectivity index (χ4v) is 3.13. The predicted octanol–water partition coefficient (Wildman–Crippen LogP) is 3.40. The van der Waals surface area contributed by atoms with E-state index in [1.54, 1.807) is 7.11 Å². The van der Waals surface area contributed by atoms with E-state index < -0.39 is 0 Å². The minimum atomic E-state index is -0.0667. The monoisotopic (exact) mass is 333 g/mol. The molecule has 1 N–H and O–H groups in total. The van der Waals surface area contributed by atoms with Crippen LogP contribution in [-0.2, 0) is 4.79 Å². The molecule has 2 rings (SSSR count). The molecule has 23 heavy (non-hydrogen) atoms. The highest BCUT2D eigenvalue weighted by molar-refractivity contribution is 7.15. The first-order valence-corrected chi connectivity index (χ1v) is 8.31. The molecule has 0 aliphatic rings. The zero-order chi connectivity index (χ0) is 17.0. The molecule has 0 spiro atoms. The second kappa shape index (κ2) is 7.57. The van der Waals surface area contributed by atoms with E-state index in [9.17, 15) is 4.79 Å². The number of aryl methyl sites for hydroxylation is 2. The molecule has 6 heteroatoms. The number of hydrogen-bond acceptors (Lipinski definition) is 5. The minimum absolute atomic E-state index is 0.0664. The van der Waals surface area contributed by atoms with Crippen molar-refractivity contribution in [2.75, 3.05) is 26.0 Å². The average molecular weight is 333 g/mol. The number of carbonyl (C=O) groups is 1. The number of amides is 1. The highest BCUT2D eigenvalue weighted by Crippen LogP contribution is 2.28. The van der Waals surface area contributed by atoms with Crippen LogP contribution in [0.5, 0.6) is 5.75 Å². The zero-order valence-corrected chi connectivity index (χ0v) is 15.0. The van der Waals surface area contributed by atoms with E-state index in [2.05, 4.69) is 17.2 Å². The van der Waals surface area contributed by atoms with Gasteiger partial charge in [0.05, 0.1) is 19.3 Å². The maximum Gasteiger partial charge on any atom is 0.240 e. The zero-order valence-electron chi connectivity index (χ0n) is 14.2. The van der Waals surface area contributed by atoms with E-state index in [0.717, 1.165) is 21.9 Å². The maximum atomic E-state index is 12.2.